The van der Waals surface area contributed by atoms with Crippen LogP contribution in [0.2, 0.25) is 0 Å². The third kappa shape index (κ3) is 5.64. The van der Waals surface area contributed by atoms with Gasteiger partial charge in [0.1, 0.15) is 12.1 Å². The zero-order valence-corrected chi connectivity index (χ0v) is 11.8. The molecule has 1 aliphatic rings. The minimum Gasteiger partial charge on any atom is -0.463 e. The quantitative estimate of drug-likeness (QED) is 0.399. The highest BCUT2D eigenvalue weighted by molar-refractivity contribution is 5.93. The number of nitrogens with one attached hydrogen (secondary N) is 2. The van der Waals surface area contributed by atoms with Crippen LogP contribution in [-0.2, 0) is 23.9 Å². The summed E-state index contributed by atoms with van der Waals surface area (Å²) in [4.78, 5) is 45.3. The van der Waals surface area contributed by atoms with Crippen molar-refractivity contribution in [2.45, 2.75) is 38.3 Å². The van der Waals surface area contributed by atoms with Crippen molar-refractivity contribution in [2.75, 3.05) is 6.61 Å². The van der Waals surface area contributed by atoms with E-state index in [4.69, 9.17) is 5.73 Å². The molecule has 1 saturated heterocycles. The summed E-state index contributed by atoms with van der Waals surface area (Å²) in [5.41, 5.74) is 5.20. The van der Waals surface area contributed by atoms with Crippen LogP contribution in [-0.4, -0.2) is 42.4 Å². The summed E-state index contributed by atoms with van der Waals surface area (Å²) < 4.78 is 4.68. The van der Waals surface area contributed by atoms with Gasteiger partial charge in [-0.15, -0.1) is 0 Å². The molecule has 0 aromatic heterocycles. The fraction of sp³-hybridized carbons (Fsp3) is 0.538. The molecular weight excluding hydrogens is 278 g/mol. The molecule has 4 N–H and O–H groups in total. The van der Waals surface area contributed by atoms with E-state index in [-0.39, 0.29) is 25.4 Å². The van der Waals surface area contributed by atoms with E-state index in [0.717, 1.165) is 0 Å². The lowest BCUT2D eigenvalue weighted by molar-refractivity contribution is -0.137. The predicted octanol–water partition coefficient (Wildman–Crippen LogP) is -1.26. The van der Waals surface area contributed by atoms with Crippen LogP contribution in [0.25, 0.3) is 0 Å². The number of esters is 1. The van der Waals surface area contributed by atoms with E-state index in [9.17, 15) is 19.2 Å². The van der Waals surface area contributed by atoms with E-state index in [1.807, 2.05) is 0 Å². The molecule has 116 valence electrons. The standard InChI is InChI=1S/C13H19N3O5/c1-2-21-11(18)5-3-4-8(12(14)19)16-13(20)9-6-7-10(17)15-9/h3,5,8-9H,2,4,6-7H2,1H3,(H2,14,19)(H,15,17)(H,16,20)/b5-3+/t8-,9+/m1/s1. The Hall–Kier alpha value is -2.38. The number of primary amides is 1. The number of amides is 3. The van der Waals surface area contributed by atoms with Crippen LogP contribution in [0.1, 0.15) is 26.2 Å². The zero-order chi connectivity index (χ0) is 15.8. The molecule has 0 unspecified atom stereocenters. The van der Waals surface area contributed by atoms with E-state index < -0.39 is 29.9 Å². The second-order valence-corrected chi connectivity index (χ2v) is 4.51. The van der Waals surface area contributed by atoms with Crippen molar-refractivity contribution in [1.82, 2.24) is 10.6 Å². The fourth-order valence-electron chi connectivity index (χ4n) is 1.82. The SMILES string of the molecule is CCOC(=O)/C=C/C[C@@H](NC(=O)[C@@H]1CCC(=O)N1)C(N)=O. The molecule has 0 aromatic carbocycles. The number of hydrogen-bond donors (Lipinski definition) is 3. The van der Waals surface area contributed by atoms with Gasteiger partial charge >= 0.3 is 5.97 Å². The van der Waals surface area contributed by atoms with Gasteiger partial charge in [-0.2, -0.15) is 0 Å². The molecule has 2 atom stereocenters. The molecule has 8 heteroatoms. The zero-order valence-electron chi connectivity index (χ0n) is 11.8. The van der Waals surface area contributed by atoms with Gasteiger partial charge in [0.25, 0.3) is 0 Å². The van der Waals surface area contributed by atoms with Crippen LogP contribution in [0.5, 0.6) is 0 Å². The fourth-order valence-corrected chi connectivity index (χ4v) is 1.82. The minimum atomic E-state index is -0.944. The highest BCUT2D eigenvalue weighted by atomic mass is 16.5. The lowest BCUT2D eigenvalue weighted by atomic mass is 10.1. The molecule has 0 aromatic rings. The third-order valence-corrected chi connectivity index (χ3v) is 2.88. The van der Waals surface area contributed by atoms with Crippen molar-refractivity contribution < 1.29 is 23.9 Å². The first-order valence-corrected chi connectivity index (χ1v) is 6.66. The molecule has 1 rings (SSSR count). The molecular formula is C13H19N3O5. The van der Waals surface area contributed by atoms with Crippen LogP contribution in [0.4, 0.5) is 0 Å². The minimum absolute atomic E-state index is 0.0700. The smallest absolute Gasteiger partial charge is 0.330 e. The normalized spacial score (nSPS) is 19.1. The first-order valence-electron chi connectivity index (χ1n) is 6.66. The van der Waals surface area contributed by atoms with Crippen molar-refractivity contribution in [1.29, 1.82) is 0 Å². The lowest BCUT2D eigenvalue weighted by Crippen LogP contribution is -2.50. The highest BCUT2D eigenvalue weighted by Crippen LogP contribution is 2.07. The topological polar surface area (TPSA) is 128 Å². The molecule has 3 amide bonds. The number of carbonyl (C=O) groups is 4. The van der Waals surface area contributed by atoms with Crippen molar-refractivity contribution in [2.24, 2.45) is 5.73 Å². The summed E-state index contributed by atoms with van der Waals surface area (Å²) in [6, 6.07) is -1.59. The maximum absolute atomic E-state index is 11.9. The Bertz CT molecular complexity index is 461. The second kappa shape index (κ2) is 8.03. The van der Waals surface area contributed by atoms with Crippen LogP contribution in [0.15, 0.2) is 12.2 Å². The van der Waals surface area contributed by atoms with Crippen LogP contribution in [0.3, 0.4) is 0 Å². The Morgan fingerprint density at radius 2 is 2.24 bits per heavy atom. The first-order chi connectivity index (χ1) is 9.93. The molecule has 21 heavy (non-hydrogen) atoms. The monoisotopic (exact) mass is 297 g/mol. The van der Waals surface area contributed by atoms with Crippen molar-refractivity contribution >= 4 is 23.7 Å². The van der Waals surface area contributed by atoms with Gasteiger partial charge in [-0.1, -0.05) is 6.08 Å². The second-order valence-electron chi connectivity index (χ2n) is 4.51. The maximum atomic E-state index is 11.9. The summed E-state index contributed by atoms with van der Waals surface area (Å²) in [5, 5.41) is 4.95. The highest BCUT2D eigenvalue weighted by Gasteiger charge is 2.29. The van der Waals surface area contributed by atoms with E-state index >= 15 is 0 Å². The summed E-state index contributed by atoms with van der Waals surface area (Å²) in [7, 11) is 0. The predicted molar refractivity (Wildman–Crippen MR) is 72.7 cm³/mol. The van der Waals surface area contributed by atoms with Crippen molar-refractivity contribution in [3.63, 3.8) is 0 Å². The number of nitrogens with two attached hydrogens (primary N) is 1. The third-order valence-electron chi connectivity index (χ3n) is 2.88. The Morgan fingerprint density at radius 3 is 2.76 bits per heavy atom. The van der Waals surface area contributed by atoms with Gasteiger partial charge in [0, 0.05) is 12.5 Å². The average molecular weight is 297 g/mol. The lowest BCUT2D eigenvalue weighted by Gasteiger charge is -2.16. The summed E-state index contributed by atoms with van der Waals surface area (Å²) in [6.45, 7) is 1.93. The Kier molecular flexibility index (Phi) is 6.38. The largest absolute Gasteiger partial charge is 0.463 e. The summed E-state index contributed by atoms with van der Waals surface area (Å²) in [5.74, 6) is -1.92. The van der Waals surface area contributed by atoms with Crippen molar-refractivity contribution in [3.8, 4) is 0 Å². The number of ether oxygens (including phenoxy) is 1. The van der Waals surface area contributed by atoms with Gasteiger partial charge in [0.2, 0.25) is 17.7 Å². The van der Waals surface area contributed by atoms with E-state index in [2.05, 4.69) is 15.4 Å². The van der Waals surface area contributed by atoms with Gasteiger partial charge < -0.3 is 21.1 Å². The number of rotatable bonds is 7. The molecule has 0 spiro atoms. The van der Waals surface area contributed by atoms with Gasteiger partial charge in [-0.25, -0.2) is 4.79 Å². The maximum Gasteiger partial charge on any atom is 0.330 e. The van der Waals surface area contributed by atoms with Crippen LogP contribution >= 0.6 is 0 Å². The average Bonchev–Trinajstić information content (AvgIpc) is 2.84. The van der Waals surface area contributed by atoms with Crippen molar-refractivity contribution in [3.05, 3.63) is 12.2 Å². The van der Waals surface area contributed by atoms with E-state index in [1.54, 1.807) is 6.92 Å². The molecule has 1 fully saturated rings. The molecule has 1 aliphatic heterocycles. The van der Waals surface area contributed by atoms with Gasteiger partial charge in [0.05, 0.1) is 6.61 Å². The first kappa shape index (κ1) is 16.7. The number of carbonyl (C=O) groups excluding carboxylic acids is 4. The molecule has 1 heterocycles. The molecule has 0 bridgehead atoms. The molecule has 8 nitrogen and oxygen atoms in total. The Morgan fingerprint density at radius 1 is 1.52 bits per heavy atom. The van der Waals surface area contributed by atoms with Gasteiger partial charge in [-0.05, 0) is 19.8 Å². The van der Waals surface area contributed by atoms with Crippen LogP contribution in [0, 0.1) is 0 Å². The number of hydrogen-bond acceptors (Lipinski definition) is 5. The van der Waals surface area contributed by atoms with Gasteiger partial charge in [0.15, 0.2) is 0 Å². The summed E-state index contributed by atoms with van der Waals surface area (Å²) in [6.07, 6.45) is 3.31. The van der Waals surface area contributed by atoms with E-state index in [1.165, 1.54) is 12.2 Å². The summed E-state index contributed by atoms with van der Waals surface area (Å²) >= 11 is 0. The van der Waals surface area contributed by atoms with Gasteiger partial charge in [-0.3, -0.25) is 14.4 Å². The molecule has 0 radical (unpaired) electrons. The Labute approximate surface area is 122 Å². The Balaban J connectivity index is 2.50. The molecule has 0 saturated carbocycles. The molecule has 0 aliphatic carbocycles. The van der Waals surface area contributed by atoms with E-state index in [0.29, 0.717) is 6.42 Å². The van der Waals surface area contributed by atoms with Crippen LogP contribution < -0.4 is 16.4 Å².